The molecule has 1 N–H and O–H groups in total. The number of nitrogens with zero attached hydrogens (tertiary/aromatic N) is 2. The van der Waals surface area contributed by atoms with Gasteiger partial charge in [-0.25, -0.2) is 0 Å². The number of hydrogen-bond acceptors (Lipinski definition) is 4. The van der Waals surface area contributed by atoms with Gasteiger partial charge in [0.1, 0.15) is 6.54 Å². The fourth-order valence-electron chi connectivity index (χ4n) is 2.56. The number of rotatable bonds is 6. The molecule has 0 aliphatic rings. The van der Waals surface area contributed by atoms with Gasteiger partial charge in [0.05, 0.1) is 10.6 Å². The number of hydrogen-bond donors (Lipinski definition) is 1. The normalized spacial score (nSPS) is 10.3. The number of non-ortho nitro benzene ring substituents is 1. The lowest BCUT2D eigenvalue weighted by Crippen LogP contribution is -2.32. The van der Waals surface area contributed by atoms with Crippen molar-refractivity contribution >= 4 is 40.2 Å². The van der Waals surface area contributed by atoms with Crippen molar-refractivity contribution in [2.75, 3.05) is 16.8 Å². The number of anilines is 2. The molecular weight excluding hydrogens is 334 g/mol. The minimum Gasteiger partial charge on any atom is -0.325 e. The number of nitro benzene ring substituents is 1. The van der Waals surface area contributed by atoms with Crippen LogP contribution >= 0.6 is 0 Å². The number of fused-ring (bicyclic) bond motifs is 1. The van der Waals surface area contributed by atoms with E-state index < -0.39 is 10.8 Å². The molecule has 0 aromatic heterocycles. The van der Waals surface area contributed by atoms with E-state index in [2.05, 4.69) is 5.32 Å². The maximum absolute atomic E-state index is 12.2. The summed E-state index contributed by atoms with van der Waals surface area (Å²) in [5, 5.41) is 15.6. The smallest absolute Gasteiger partial charge is 0.317 e. The summed E-state index contributed by atoms with van der Waals surface area (Å²) < 4.78 is 0. The molecule has 0 fully saturated rings. The molecule has 3 aromatic carbocycles. The van der Waals surface area contributed by atoms with Crippen LogP contribution in [0.1, 0.15) is 0 Å². The van der Waals surface area contributed by atoms with E-state index in [9.17, 15) is 19.7 Å². The first-order chi connectivity index (χ1) is 12.6. The Morgan fingerprint density at radius 2 is 1.81 bits per heavy atom. The van der Waals surface area contributed by atoms with Crippen LogP contribution in [0.15, 0.2) is 66.7 Å². The maximum Gasteiger partial charge on any atom is 0.317 e. The molecule has 0 atom stereocenters. The van der Waals surface area contributed by atoms with Crippen LogP contribution < -0.4 is 10.2 Å². The van der Waals surface area contributed by atoms with Crippen LogP contribution in [0.2, 0.25) is 0 Å². The fraction of sp³-hybridized carbons (Fsp3) is 0.0526. The molecule has 7 nitrogen and oxygen atoms in total. The summed E-state index contributed by atoms with van der Waals surface area (Å²) in [7, 11) is 0. The topological polar surface area (TPSA) is 92.6 Å². The van der Waals surface area contributed by atoms with Crippen molar-refractivity contribution in [3.8, 4) is 0 Å². The van der Waals surface area contributed by atoms with E-state index in [1.807, 2.05) is 36.4 Å². The number of nitrogens with one attached hydrogen (secondary N) is 1. The lowest BCUT2D eigenvalue weighted by atomic mass is 10.1. The van der Waals surface area contributed by atoms with E-state index in [1.165, 1.54) is 24.3 Å². The van der Waals surface area contributed by atoms with Crippen LogP contribution in [-0.4, -0.2) is 23.8 Å². The lowest BCUT2D eigenvalue weighted by molar-refractivity contribution is -0.384. The molecule has 0 spiro atoms. The van der Waals surface area contributed by atoms with E-state index in [4.69, 9.17) is 0 Å². The molecule has 0 aliphatic carbocycles. The standard InChI is InChI=1S/C19H14N3O4/c23-13-21(17-6-3-7-18(11-17)22(25)26)12-19(24)20-16-9-8-14-4-1-2-5-15(14)10-16/h1-11H,12H2,(H,20,24). The summed E-state index contributed by atoms with van der Waals surface area (Å²) in [6.07, 6.45) is 1.63. The average Bonchev–Trinajstić information content (AvgIpc) is 2.66. The molecule has 0 aliphatic heterocycles. The minimum absolute atomic E-state index is 0.169. The second kappa shape index (κ2) is 7.43. The maximum atomic E-state index is 12.2. The largest absolute Gasteiger partial charge is 0.325 e. The van der Waals surface area contributed by atoms with Gasteiger partial charge in [0, 0.05) is 17.8 Å². The first-order valence-corrected chi connectivity index (χ1v) is 7.75. The van der Waals surface area contributed by atoms with Crippen molar-refractivity contribution in [1.82, 2.24) is 0 Å². The first kappa shape index (κ1) is 17.1. The van der Waals surface area contributed by atoms with Crippen molar-refractivity contribution in [2.24, 2.45) is 0 Å². The Balaban J connectivity index is 1.73. The lowest BCUT2D eigenvalue weighted by Gasteiger charge is -2.16. The number of amides is 2. The zero-order valence-electron chi connectivity index (χ0n) is 13.6. The fourth-order valence-corrected chi connectivity index (χ4v) is 2.56. The molecule has 129 valence electrons. The Hall–Kier alpha value is -3.74. The third kappa shape index (κ3) is 3.84. The van der Waals surface area contributed by atoms with Gasteiger partial charge >= 0.3 is 6.41 Å². The summed E-state index contributed by atoms with van der Waals surface area (Å²) in [5.41, 5.74) is 0.652. The molecule has 3 rings (SSSR count). The van der Waals surface area contributed by atoms with Gasteiger partial charge in [0.15, 0.2) is 0 Å². The highest BCUT2D eigenvalue weighted by atomic mass is 16.6. The van der Waals surface area contributed by atoms with Gasteiger partial charge in [-0.2, -0.15) is 0 Å². The molecule has 0 bridgehead atoms. The zero-order valence-corrected chi connectivity index (χ0v) is 13.6. The van der Waals surface area contributed by atoms with Crippen LogP contribution in [0, 0.1) is 10.1 Å². The Kier molecular flexibility index (Phi) is 4.89. The Labute approximate surface area is 149 Å². The second-order valence-corrected chi connectivity index (χ2v) is 5.56. The van der Waals surface area contributed by atoms with Crippen LogP contribution in [0.4, 0.5) is 17.1 Å². The van der Waals surface area contributed by atoms with Gasteiger partial charge in [0.25, 0.3) is 5.69 Å². The third-order valence-electron chi connectivity index (χ3n) is 3.80. The van der Waals surface area contributed by atoms with Gasteiger partial charge in [-0.15, -0.1) is 0 Å². The van der Waals surface area contributed by atoms with Crippen LogP contribution in [0.3, 0.4) is 0 Å². The third-order valence-corrected chi connectivity index (χ3v) is 3.80. The molecule has 2 amide bonds. The summed E-state index contributed by atoms with van der Waals surface area (Å²) in [6.45, 7) is -0.308. The van der Waals surface area contributed by atoms with E-state index >= 15 is 0 Å². The molecule has 7 heteroatoms. The Morgan fingerprint density at radius 1 is 1.04 bits per heavy atom. The highest BCUT2D eigenvalue weighted by molar-refractivity contribution is 5.99. The van der Waals surface area contributed by atoms with Crippen LogP contribution in [0.5, 0.6) is 0 Å². The monoisotopic (exact) mass is 348 g/mol. The van der Waals surface area contributed by atoms with Gasteiger partial charge in [0.2, 0.25) is 5.91 Å². The van der Waals surface area contributed by atoms with Crippen molar-refractivity contribution in [3.63, 3.8) is 0 Å². The number of carbonyl (C=O) groups excluding carboxylic acids is 2. The van der Waals surface area contributed by atoms with Crippen molar-refractivity contribution in [3.05, 3.63) is 76.8 Å². The predicted octanol–water partition coefficient (Wildman–Crippen LogP) is 3.26. The van der Waals surface area contributed by atoms with Gasteiger partial charge in [-0.1, -0.05) is 36.4 Å². The zero-order chi connectivity index (χ0) is 18.5. The molecule has 0 unspecified atom stereocenters. The molecule has 0 saturated heterocycles. The molecule has 26 heavy (non-hydrogen) atoms. The highest BCUT2D eigenvalue weighted by Gasteiger charge is 2.15. The molecular formula is C19H14N3O4. The Bertz CT molecular complexity index is 987. The molecule has 3 aromatic rings. The van der Waals surface area contributed by atoms with Crippen molar-refractivity contribution in [1.29, 1.82) is 0 Å². The number of carbonyl (C=O) groups is 1. The number of nitro groups is 1. The first-order valence-electron chi connectivity index (χ1n) is 7.75. The van der Waals surface area contributed by atoms with E-state index in [1.54, 1.807) is 12.5 Å². The predicted molar refractivity (Wildman–Crippen MR) is 98.7 cm³/mol. The molecule has 1 radical (unpaired) electrons. The van der Waals surface area contributed by atoms with Crippen molar-refractivity contribution < 1.29 is 14.5 Å². The van der Waals surface area contributed by atoms with Gasteiger partial charge in [-0.3, -0.25) is 24.6 Å². The molecule has 0 saturated carbocycles. The quantitative estimate of drug-likeness (QED) is 0.420. The summed E-state index contributed by atoms with van der Waals surface area (Å²) in [6, 6.07) is 18.7. The van der Waals surface area contributed by atoms with E-state index in [0.29, 0.717) is 5.69 Å². The highest BCUT2D eigenvalue weighted by Crippen LogP contribution is 2.21. The van der Waals surface area contributed by atoms with Gasteiger partial charge in [-0.05, 0) is 29.0 Å². The Morgan fingerprint density at radius 3 is 2.54 bits per heavy atom. The van der Waals surface area contributed by atoms with Crippen molar-refractivity contribution in [2.45, 2.75) is 0 Å². The summed E-state index contributed by atoms with van der Waals surface area (Å²) >= 11 is 0. The SMILES string of the molecule is O=[C]N(CC(=O)Nc1ccc2ccccc2c1)c1cccc([N+](=O)[O-])c1. The molecule has 0 heterocycles. The van der Waals surface area contributed by atoms with Crippen LogP contribution in [-0.2, 0) is 9.59 Å². The second-order valence-electron chi connectivity index (χ2n) is 5.56. The summed E-state index contributed by atoms with van der Waals surface area (Å²) in [4.78, 5) is 34.7. The van der Waals surface area contributed by atoms with Gasteiger partial charge < -0.3 is 5.32 Å². The minimum atomic E-state index is -0.568. The van der Waals surface area contributed by atoms with E-state index in [-0.39, 0.29) is 17.9 Å². The number of benzene rings is 3. The average molecular weight is 348 g/mol. The summed E-state index contributed by atoms with van der Waals surface area (Å²) in [5.74, 6) is -0.435. The van der Waals surface area contributed by atoms with E-state index in [0.717, 1.165) is 15.7 Å². The van der Waals surface area contributed by atoms with Crippen LogP contribution in [0.25, 0.3) is 10.8 Å².